The van der Waals surface area contributed by atoms with Gasteiger partial charge in [0.05, 0.1) is 5.92 Å². The second-order valence-electron chi connectivity index (χ2n) is 6.08. The first-order valence-corrected chi connectivity index (χ1v) is 7.00. The van der Waals surface area contributed by atoms with Gasteiger partial charge in [0.2, 0.25) is 5.91 Å². The predicted molar refractivity (Wildman–Crippen MR) is 68.0 cm³/mol. The van der Waals surface area contributed by atoms with Crippen molar-refractivity contribution in [2.45, 2.75) is 39.5 Å². The van der Waals surface area contributed by atoms with Crippen LogP contribution in [0.1, 0.15) is 39.5 Å². The van der Waals surface area contributed by atoms with Crippen LogP contribution in [0.5, 0.6) is 0 Å². The molecule has 1 aliphatic heterocycles. The van der Waals surface area contributed by atoms with Crippen molar-refractivity contribution >= 4 is 11.9 Å². The second-order valence-corrected chi connectivity index (χ2v) is 6.08. The van der Waals surface area contributed by atoms with Crippen LogP contribution < -0.4 is 0 Å². The van der Waals surface area contributed by atoms with Gasteiger partial charge in [-0.2, -0.15) is 0 Å². The highest BCUT2D eigenvalue weighted by Crippen LogP contribution is 2.32. The van der Waals surface area contributed by atoms with Gasteiger partial charge in [-0.3, -0.25) is 9.59 Å². The number of carboxylic acids is 1. The van der Waals surface area contributed by atoms with Crippen molar-refractivity contribution in [3.63, 3.8) is 0 Å². The first-order chi connectivity index (χ1) is 8.49. The Morgan fingerprint density at radius 1 is 0.944 bits per heavy atom. The number of hydrogen-bond acceptors (Lipinski definition) is 2. The summed E-state index contributed by atoms with van der Waals surface area (Å²) in [5.74, 6) is 0.566. The quantitative estimate of drug-likeness (QED) is 0.818. The van der Waals surface area contributed by atoms with Gasteiger partial charge in [-0.1, -0.05) is 13.8 Å². The minimum atomic E-state index is -0.704. The van der Waals surface area contributed by atoms with E-state index < -0.39 is 5.97 Å². The highest BCUT2D eigenvalue weighted by atomic mass is 16.4. The van der Waals surface area contributed by atoms with Crippen molar-refractivity contribution in [3.05, 3.63) is 0 Å². The molecule has 2 unspecified atom stereocenters. The van der Waals surface area contributed by atoms with E-state index in [4.69, 9.17) is 5.11 Å². The Labute approximate surface area is 108 Å². The third-order valence-electron chi connectivity index (χ3n) is 4.73. The fraction of sp³-hybridized carbons (Fsp3) is 0.857. The maximum Gasteiger partial charge on any atom is 0.306 e. The number of likely N-dealkylation sites (tertiary alicyclic amines) is 1. The van der Waals surface area contributed by atoms with E-state index in [1.807, 2.05) is 4.90 Å². The van der Waals surface area contributed by atoms with Crippen LogP contribution in [0.15, 0.2) is 0 Å². The summed E-state index contributed by atoms with van der Waals surface area (Å²) in [6.45, 7) is 6.14. The average Bonchev–Trinajstić information content (AvgIpc) is 2.69. The molecule has 4 nitrogen and oxygen atoms in total. The molecule has 1 aliphatic carbocycles. The standard InChI is InChI=1S/C14H23NO3/c1-9-7-15(8-10(9)2)13(16)11-3-5-12(6-4-11)14(17)18/h9-12H,3-8H2,1-2H3,(H,17,18). The van der Waals surface area contributed by atoms with Crippen molar-refractivity contribution in [1.29, 1.82) is 0 Å². The minimum Gasteiger partial charge on any atom is -0.481 e. The van der Waals surface area contributed by atoms with Gasteiger partial charge in [0, 0.05) is 19.0 Å². The molecule has 2 fully saturated rings. The zero-order valence-corrected chi connectivity index (χ0v) is 11.3. The normalized spacial score (nSPS) is 36.7. The van der Waals surface area contributed by atoms with Gasteiger partial charge >= 0.3 is 5.97 Å². The molecule has 1 saturated heterocycles. The minimum absolute atomic E-state index is 0.0677. The number of aliphatic carboxylic acids is 1. The van der Waals surface area contributed by atoms with Gasteiger partial charge in [-0.05, 0) is 37.5 Å². The van der Waals surface area contributed by atoms with E-state index in [0.29, 0.717) is 24.7 Å². The van der Waals surface area contributed by atoms with Crippen LogP contribution in [0.25, 0.3) is 0 Å². The molecule has 102 valence electrons. The lowest BCUT2D eigenvalue weighted by atomic mass is 9.81. The van der Waals surface area contributed by atoms with E-state index in [1.54, 1.807) is 0 Å². The lowest BCUT2D eigenvalue weighted by Gasteiger charge is -2.28. The summed E-state index contributed by atoms with van der Waals surface area (Å²) < 4.78 is 0. The Morgan fingerprint density at radius 2 is 1.39 bits per heavy atom. The van der Waals surface area contributed by atoms with Gasteiger partial charge in [0.15, 0.2) is 0 Å². The summed E-state index contributed by atoms with van der Waals surface area (Å²) in [6.07, 6.45) is 2.81. The van der Waals surface area contributed by atoms with Gasteiger partial charge in [0.25, 0.3) is 0 Å². The molecule has 1 heterocycles. The van der Waals surface area contributed by atoms with E-state index >= 15 is 0 Å². The molecular formula is C14H23NO3. The fourth-order valence-corrected chi connectivity index (χ4v) is 3.16. The van der Waals surface area contributed by atoms with E-state index in [-0.39, 0.29) is 17.7 Å². The zero-order chi connectivity index (χ0) is 13.3. The number of carboxylic acid groups (broad SMARTS) is 1. The number of carbonyl (C=O) groups is 2. The summed E-state index contributed by atoms with van der Waals surface area (Å²) in [5.41, 5.74) is 0. The van der Waals surface area contributed by atoms with Crippen LogP contribution in [0.3, 0.4) is 0 Å². The molecule has 2 rings (SSSR count). The van der Waals surface area contributed by atoms with Gasteiger partial charge in [-0.25, -0.2) is 0 Å². The predicted octanol–water partition coefficient (Wildman–Crippen LogP) is 1.99. The van der Waals surface area contributed by atoms with Crippen LogP contribution >= 0.6 is 0 Å². The number of hydrogen-bond donors (Lipinski definition) is 1. The maximum atomic E-state index is 12.3. The van der Waals surface area contributed by atoms with Crippen molar-refractivity contribution < 1.29 is 14.7 Å². The topological polar surface area (TPSA) is 57.6 Å². The van der Waals surface area contributed by atoms with Gasteiger partial charge in [-0.15, -0.1) is 0 Å². The third-order valence-corrected chi connectivity index (χ3v) is 4.73. The fourth-order valence-electron chi connectivity index (χ4n) is 3.16. The number of amides is 1. The zero-order valence-electron chi connectivity index (χ0n) is 11.3. The molecule has 2 atom stereocenters. The second kappa shape index (κ2) is 5.29. The first-order valence-electron chi connectivity index (χ1n) is 7.00. The highest BCUT2D eigenvalue weighted by molar-refractivity contribution is 5.79. The Balaban J connectivity index is 1.86. The Hall–Kier alpha value is -1.06. The highest BCUT2D eigenvalue weighted by Gasteiger charge is 2.35. The summed E-state index contributed by atoms with van der Waals surface area (Å²) in [7, 11) is 0. The Kier molecular flexibility index (Phi) is 3.93. The van der Waals surface area contributed by atoms with Crippen molar-refractivity contribution in [1.82, 2.24) is 4.90 Å². The number of carbonyl (C=O) groups excluding carboxylic acids is 1. The average molecular weight is 253 g/mol. The summed E-state index contributed by atoms with van der Waals surface area (Å²) in [4.78, 5) is 25.2. The molecule has 0 bridgehead atoms. The molecule has 1 N–H and O–H groups in total. The van der Waals surface area contributed by atoms with Crippen molar-refractivity contribution in [2.24, 2.45) is 23.7 Å². The Bertz CT molecular complexity index is 324. The molecule has 0 aromatic rings. The largest absolute Gasteiger partial charge is 0.481 e. The van der Waals surface area contributed by atoms with Gasteiger partial charge < -0.3 is 10.0 Å². The van der Waals surface area contributed by atoms with Crippen LogP contribution in [0.4, 0.5) is 0 Å². The van der Waals surface area contributed by atoms with Crippen molar-refractivity contribution in [2.75, 3.05) is 13.1 Å². The van der Waals surface area contributed by atoms with Crippen molar-refractivity contribution in [3.8, 4) is 0 Å². The third kappa shape index (κ3) is 2.68. The SMILES string of the molecule is CC1CN(C(=O)C2CCC(C(=O)O)CC2)CC1C. The lowest BCUT2D eigenvalue weighted by Crippen LogP contribution is -2.37. The molecule has 1 saturated carbocycles. The molecule has 0 radical (unpaired) electrons. The molecule has 0 aromatic heterocycles. The van der Waals surface area contributed by atoms with Crippen LogP contribution in [-0.2, 0) is 9.59 Å². The summed E-state index contributed by atoms with van der Waals surface area (Å²) >= 11 is 0. The number of nitrogens with zero attached hydrogens (tertiary/aromatic N) is 1. The van der Waals surface area contributed by atoms with Crippen LogP contribution in [-0.4, -0.2) is 35.0 Å². The molecule has 2 aliphatic rings. The smallest absolute Gasteiger partial charge is 0.306 e. The molecule has 1 amide bonds. The summed E-state index contributed by atoms with van der Waals surface area (Å²) in [5, 5.41) is 8.95. The molecular weight excluding hydrogens is 230 g/mol. The van der Waals surface area contributed by atoms with Crippen LogP contribution in [0, 0.1) is 23.7 Å². The molecule has 0 aromatic carbocycles. The van der Waals surface area contributed by atoms with E-state index in [1.165, 1.54) is 0 Å². The van der Waals surface area contributed by atoms with Crippen LogP contribution in [0.2, 0.25) is 0 Å². The lowest BCUT2D eigenvalue weighted by molar-refractivity contribution is -0.145. The molecule has 0 spiro atoms. The molecule has 4 heteroatoms. The van der Waals surface area contributed by atoms with E-state index in [2.05, 4.69) is 13.8 Å². The van der Waals surface area contributed by atoms with E-state index in [9.17, 15) is 9.59 Å². The monoisotopic (exact) mass is 253 g/mol. The van der Waals surface area contributed by atoms with Gasteiger partial charge in [0.1, 0.15) is 0 Å². The maximum absolute atomic E-state index is 12.3. The van der Waals surface area contributed by atoms with E-state index in [0.717, 1.165) is 25.9 Å². The number of rotatable bonds is 2. The molecule has 18 heavy (non-hydrogen) atoms. The summed E-state index contributed by atoms with van der Waals surface area (Å²) in [6, 6.07) is 0. The first kappa shape index (κ1) is 13.4. The Morgan fingerprint density at radius 3 is 1.83 bits per heavy atom.